The van der Waals surface area contributed by atoms with Gasteiger partial charge in [-0.15, -0.1) is 0 Å². The Bertz CT molecular complexity index is 1020. The molecule has 0 saturated heterocycles. The molecule has 10 heteroatoms. The number of ether oxygens (including phenoxy) is 2. The van der Waals surface area contributed by atoms with Crippen molar-refractivity contribution in [2.24, 2.45) is 22.2 Å². The monoisotopic (exact) mass is 488 g/mol. The highest BCUT2D eigenvalue weighted by Gasteiger charge is 2.90. The molecule has 0 heterocycles. The van der Waals surface area contributed by atoms with Crippen LogP contribution in [0.3, 0.4) is 0 Å². The van der Waals surface area contributed by atoms with E-state index in [1.807, 2.05) is 13.8 Å². The lowest BCUT2D eigenvalue weighted by Gasteiger charge is -2.20. The lowest BCUT2D eigenvalue weighted by molar-refractivity contribution is -0.0634. The Morgan fingerprint density at radius 3 is 2.24 bits per heavy atom. The zero-order chi connectivity index (χ0) is 25.2. The van der Waals surface area contributed by atoms with E-state index in [4.69, 9.17) is 20.3 Å². The van der Waals surface area contributed by atoms with Crippen LogP contribution in [0.1, 0.15) is 38.7 Å². The minimum Gasteiger partial charge on any atom is -0.494 e. The minimum absolute atomic E-state index is 0.102. The van der Waals surface area contributed by atoms with E-state index in [0.29, 0.717) is 18.8 Å². The summed E-state index contributed by atoms with van der Waals surface area (Å²) in [5.74, 6) is -0.550. The molecule has 3 aliphatic carbocycles. The summed E-state index contributed by atoms with van der Waals surface area (Å²) in [6.07, 6.45) is -4.53. The Morgan fingerprint density at radius 1 is 1.00 bits per heavy atom. The lowest BCUT2D eigenvalue weighted by Crippen LogP contribution is -2.30. The number of hydrogen-bond acceptors (Lipinski definition) is 4. The molecule has 34 heavy (non-hydrogen) atoms. The van der Waals surface area contributed by atoms with E-state index in [0.717, 1.165) is 6.42 Å². The number of rotatable bonds is 8. The van der Waals surface area contributed by atoms with Crippen LogP contribution in [0.2, 0.25) is 0 Å². The van der Waals surface area contributed by atoms with E-state index in [2.05, 4.69) is 0 Å². The van der Waals surface area contributed by atoms with Crippen LogP contribution in [-0.2, 0) is 4.74 Å². The third-order valence-electron chi connectivity index (χ3n) is 7.78. The zero-order valence-electron chi connectivity index (χ0n) is 18.7. The lowest BCUT2D eigenvalue weighted by atomic mass is 9.88. The van der Waals surface area contributed by atoms with Crippen LogP contribution in [0.15, 0.2) is 36.4 Å². The molecule has 0 aliphatic heterocycles. The topological polar surface area (TPSA) is 66.2 Å². The summed E-state index contributed by atoms with van der Waals surface area (Å²) in [6, 6.07) is 5.13. The summed E-state index contributed by atoms with van der Waals surface area (Å²) in [4.78, 5) is 0. The first-order valence-electron chi connectivity index (χ1n) is 11.0. The molecular formula is C24H26F6N2O2. The maximum atomic E-state index is 13.0. The minimum atomic E-state index is -4.71. The Morgan fingerprint density at radius 2 is 1.65 bits per heavy atom. The van der Waals surface area contributed by atoms with Crippen molar-refractivity contribution in [3.8, 4) is 5.75 Å². The highest BCUT2D eigenvalue weighted by atomic mass is 19.4. The maximum absolute atomic E-state index is 13.0. The van der Waals surface area contributed by atoms with Crippen LogP contribution in [0.5, 0.6) is 5.75 Å². The molecule has 0 bridgehead atoms. The number of allylic oxidation sites excluding steroid dienone is 1. The van der Waals surface area contributed by atoms with Gasteiger partial charge in [-0.25, -0.2) is 0 Å². The second-order valence-corrected chi connectivity index (χ2v) is 9.92. The second kappa shape index (κ2) is 7.83. The third-order valence-corrected chi connectivity index (χ3v) is 7.78. The summed E-state index contributed by atoms with van der Waals surface area (Å²) in [6.45, 7) is 4.63. The zero-order valence-corrected chi connectivity index (χ0v) is 18.7. The molecule has 186 valence electrons. The van der Waals surface area contributed by atoms with Gasteiger partial charge in [0.1, 0.15) is 17.2 Å². The maximum Gasteiger partial charge on any atom is 0.433 e. The van der Waals surface area contributed by atoms with Crippen LogP contribution >= 0.6 is 0 Å². The number of nitrogens with one attached hydrogen (secondary N) is 2. The van der Waals surface area contributed by atoms with Gasteiger partial charge in [0, 0.05) is 28.7 Å². The molecular weight excluding hydrogens is 462 g/mol. The first kappa shape index (κ1) is 24.8. The third kappa shape index (κ3) is 3.93. The molecule has 5 atom stereocenters. The molecule has 5 unspecified atom stereocenters. The van der Waals surface area contributed by atoms with E-state index in [-0.39, 0.29) is 40.9 Å². The molecule has 2 fully saturated rings. The molecule has 0 radical (unpaired) electrons. The van der Waals surface area contributed by atoms with Gasteiger partial charge < -0.3 is 9.47 Å². The smallest absolute Gasteiger partial charge is 0.433 e. The van der Waals surface area contributed by atoms with Gasteiger partial charge in [0.15, 0.2) is 0 Å². The van der Waals surface area contributed by atoms with Crippen LogP contribution in [0.4, 0.5) is 26.3 Å². The molecule has 4 rings (SSSR count). The number of alkyl halides is 6. The Labute approximate surface area is 193 Å². The van der Waals surface area contributed by atoms with E-state index in [1.165, 1.54) is 30.3 Å². The van der Waals surface area contributed by atoms with Crippen LogP contribution in [0.25, 0.3) is 0 Å². The largest absolute Gasteiger partial charge is 0.494 e. The van der Waals surface area contributed by atoms with Gasteiger partial charge in [-0.05, 0) is 42.5 Å². The quantitative estimate of drug-likeness (QED) is 0.194. The van der Waals surface area contributed by atoms with Gasteiger partial charge >= 0.3 is 12.4 Å². The fourth-order valence-corrected chi connectivity index (χ4v) is 5.91. The summed E-state index contributed by atoms with van der Waals surface area (Å²) < 4.78 is 88.5. The van der Waals surface area contributed by atoms with E-state index in [1.54, 1.807) is 6.08 Å². The van der Waals surface area contributed by atoms with E-state index >= 15 is 0 Å². The highest BCUT2D eigenvalue weighted by molar-refractivity contribution is 6.02. The van der Waals surface area contributed by atoms with Crippen molar-refractivity contribution in [2.45, 2.75) is 51.6 Å². The van der Waals surface area contributed by atoms with Crippen LogP contribution in [-0.4, -0.2) is 43.1 Å². The van der Waals surface area contributed by atoms with Gasteiger partial charge in [0.25, 0.3) is 0 Å². The predicted molar refractivity (Wildman–Crippen MR) is 113 cm³/mol. The standard InChI is InChI=1S/C24H26F6N2O2/c1-20-12-15(18(32)24(28,29)30)8-9-21(2)19(22(20,21)13-20)34-11-3-10-33-16-6-4-14(5-7-16)17(31)23(25,26)27/h4-9,15,19,31-32H,3,10-13H2,1-2H3. The number of benzene rings is 1. The summed E-state index contributed by atoms with van der Waals surface area (Å²) in [5.41, 5.74) is -3.71. The normalized spacial score (nSPS) is 34.0. The number of hydrogen-bond donors (Lipinski definition) is 2. The SMILES string of the molecule is CC12CC(C(=N)C(F)(F)F)C=CC3(C)C(OCCCOc4ccc(C(=N)C(F)(F)F)cc4)C13C2. The summed E-state index contributed by atoms with van der Waals surface area (Å²) in [5, 5.41) is 14.7. The number of halogens is 6. The van der Waals surface area contributed by atoms with Crippen molar-refractivity contribution in [1.82, 2.24) is 0 Å². The van der Waals surface area contributed by atoms with Crippen molar-refractivity contribution in [2.75, 3.05) is 13.2 Å². The second-order valence-electron chi connectivity index (χ2n) is 9.92. The molecule has 1 aromatic rings. The van der Waals surface area contributed by atoms with E-state index in [9.17, 15) is 26.3 Å². The van der Waals surface area contributed by atoms with Crippen molar-refractivity contribution in [3.63, 3.8) is 0 Å². The van der Waals surface area contributed by atoms with Crippen molar-refractivity contribution < 1.29 is 35.8 Å². The fraction of sp³-hybridized carbons (Fsp3) is 0.583. The molecule has 4 nitrogen and oxygen atoms in total. The molecule has 2 saturated carbocycles. The van der Waals surface area contributed by atoms with Gasteiger partial charge in [-0.1, -0.05) is 26.0 Å². The van der Waals surface area contributed by atoms with Crippen LogP contribution in [0, 0.1) is 33.0 Å². The van der Waals surface area contributed by atoms with Crippen LogP contribution < -0.4 is 4.74 Å². The predicted octanol–water partition coefficient (Wildman–Crippen LogP) is 6.35. The van der Waals surface area contributed by atoms with Gasteiger partial charge in [0.2, 0.25) is 0 Å². The summed E-state index contributed by atoms with van der Waals surface area (Å²) >= 11 is 0. The molecule has 2 N–H and O–H groups in total. The van der Waals surface area contributed by atoms with Gasteiger partial charge in [0.05, 0.1) is 19.3 Å². The van der Waals surface area contributed by atoms with Gasteiger partial charge in [-0.2, -0.15) is 26.3 Å². The molecule has 0 aromatic heterocycles. The van der Waals surface area contributed by atoms with Gasteiger partial charge in [-0.3, -0.25) is 10.8 Å². The van der Waals surface area contributed by atoms with Crippen molar-refractivity contribution in [3.05, 3.63) is 42.0 Å². The van der Waals surface area contributed by atoms with Crippen molar-refractivity contribution >= 4 is 11.4 Å². The molecule has 1 aromatic carbocycles. The van der Waals surface area contributed by atoms with E-state index < -0.39 is 29.7 Å². The Balaban J connectivity index is 1.26. The fourth-order valence-electron chi connectivity index (χ4n) is 5.91. The first-order valence-corrected chi connectivity index (χ1v) is 11.0. The molecule has 0 amide bonds. The Kier molecular flexibility index (Phi) is 5.70. The Hall–Kier alpha value is -2.36. The average molecular weight is 488 g/mol. The van der Waals surface area contributed by atoms with Crippen molar-refractivity contribution in [1.29, 1.82) is 10.8 Å². The molecule has 3 aliphatic rings. The highest BCUT2D eigenvalue weighted by Crippen LogP contribution is 2.90. The molecule has 1 spiro atoms. The first-order chi connectivity index (χ1) is 15.7. The average Bonchev–Trinajstić information content (AvgIpc) is 3.53. The summed E-state index contributed by atoms with van der Waals surface area (Å²) in [7, 11) is 0.